The van der Waals surface area contributed by atoms with E-state index in [1.165, 1.54) is 5.69 Å². The summed E-state index contributed by atoms with van der Waals surface area (Å²) in [7, 11) is 0. The third kappa shape index (κ3) is 2.77. The third-order valence-electron chi connectivity index (χ3n) is 4.32. The summed E-state index contributed by atoms with van der Waals surface area (Å²) >= 11 is 0. The van der Waals surface area contributed by atoms with Crippen LogP contribution in [0.25, 0.3) is 0 Å². The number of phenols is 1. The van der Waals surface area contributed by atoms with Crippen LogP contribution >= 0.6 is 0 Å². The highest BCUT2D eigenvalue weighted by Crippen LogP contribution is 2.31. The minimum atomic E-state index is -0.0852. The second-order valence-corrected chi connectivity index (χ2v) is 5.70. The van der Waals surface area contributed by atoms with Crippen molar-refractivity contribution in [1.82, 2.24) is 0 Å². The molecule has 0 unspecified atom stereocenters. The van der Waals surface area contributed by atoms with Gasteiger partial charge in [-0.1, -0.05) is 24.3 Å². The lowest BCUT2D eigenvalue weighted by Gasteiger charge is -2.33. The van der Waals surface area contributed by atoms with Crippen molar-refractivity contribution in [3.8, 4) is 5.75 Å². The summed E-state index contributed by atoms with van der Waals surface area (Å²) in [5.74, 6) is -0.136. The highest BCUT2D eigenvalue weighted by molar-refractivity contribution is 6.01. The fraction of sp³-hybridized carbons (Fsp3) is 0.278. The molecule has 0 saturated carbocycles. The Morgan fingerprint density at radius 3 is 2.41 bits per heavy atom. The van der Waals surface area contributed by atoms with Crippen molar-refractivity contribution in [2.75, 3.05) is 23.7 Å². The van der Waals surface area contributed by atoms with Gasteiger partial charge in [0.15, 0.2) is 5.78 Å². The van der Waals surface area contributed by atoms with Gasteiger partial charge >= 0.3 is 0 Å². The number of benzene rings is 2. The number of ketones is 1. The number of nitrogens with zero attached hydrogens (tertiary/aromatic N) is 1. The second kappa shape index (κ2) is 6.10. The number of anilines is 2. The lowest BCUT2D eigenvalue weighted by Crippen LogP contribution is -2.36. The van der Waals surface area contributed by atoms with Gasteiger partial charge in [0.05, 0.1) is 11.3 Å². The fourth-order valence-electron chi connectivity index (χ4n) is 3.02. The Kier molecular flexibility index (Phi) is 4.00. The van der Waals surface area contributed by atoms with Crippen molar-refractivity contribution in [3.63, 3.8) is 0 Å². The first-order chi connectivity index (χ1) is 10.7. The van der Waals surface area contributed by atoms with Crippen molar-refractivity contribution >= 4 is 17.2 Å². The Labute approximate surface area is 130 Å². The number of carbonyl (C=O) groups is 1. The third-order valence-corrected chi connectivity index (χ3v) is 4.32. The van der Waals surface area contributed by atoms with Crippen molar-refractivity contribution in [2.24, 2.45) is 5.92 Å². The van der Waals surface area contributed by atoms with E-state index in [1.54, 1.807) is 18.2 Å². The van der Waals surface area contributed by atoms with Crippen molar-refractivity contribution < 1.29 is 9.90 Å². The maximum atomic E-state index is 12.6. The van der Waals surface area contributed by atoms with Crippen molar-refractivity contribution in [2.45, 2.75) is 12.8 Å². The van der Waals surface area contributed by atoms with Crippen LogP contribution in [0.1, 0.15) is 23.2 Å². The van der Waals surface area contributed by atoms with Gasteiger partial charge in [-0.15, -0.1) is 0 Å². The number of Topliss-reactive ketones (excluding diaryl/α,β-unsaturated/α-hetero) is 1. The van der Waals surface area contributed by atoms with Crippen LogP contribution in [-0.2, 0) is 0 Å². The summed E-state index contributed by atoms with van der Waals surface area (Å²) in [6.07, 6.45) is 1.59. The first kappa shape index (κ1) is 14.4. The summed E-state index contributed by atoms with van der Waals surface area (Å²) in [5, 5.41) is 9.97. The van der Waals surface area contributed by atoms with E-state index in [2.05, 4.69) is 17.0 Å². The zero-order valence-electron chi connectivity index (χ0n) is 12.4. The highest BCUT2D eigenvalue weighted by Gasteiger charge is 2.27. The Bertz CT molecular complexity index is 662. The summed E-state index contributed by atoms with van der Waals surface area (Å²) in [6.45, 7) is 1.70. The molecule has 1 heterocycles. The van der Waals surface area contributed by atoms with Gasteiger partial charge in [0.25, 0.3) is 0 Å². The molecule has 0 spiro atoms. The minimum Gasteiger partial charge on any atom is -0.505 e. The van der Waals surface area contributed by atoms with E-state index in [1.807, 2.05) is 18.2 Å². The normalized spacial score (nSPS) is 15.7. The van der Waals surface area contributed by atoms with E-state index in [9.17, 15) is 9.90 Å². The number of phenolic OH excluding ortho intramolecular Hbond substituents is 1. The fourth-order valence-corrected chi connectivity index (χ4v) is 3.02. The lowest BCUT2D eigenvalue weighted by atomic mass is 9.88. The van der Waals surface area contributed by atoms with E-state index in [0.29, 0.717) is 5.56 Å². The summed E-state index contributed by atoms with van der Waals surface area (Å²) in [6, 6.07) is 15.2. The molecule has 0 aliphatic carbocycles. The number of para-hydroxylation sites is 2. The predicted octanol–water partition coefficient (Wildman–Crippen LogP) is 3.07. The Hall–Kier alpha value is -2.49. The topological polar surface area (TPSA) is 66.6 Å². The van der Waals surface area contributed by atoms with Crippen LogP contribution in [-0.4, -0.2) is 24.0 Å². The molecule has 0 atom stereocenters. The van der Waals surface area contributed by atoms with E-state index >= 15 is 0 Å². The molecule has 0 radical (unpaired) electrons. The van der Waals surface area contributed by atoms with Crippen LogP contribution in [0.15, 0.2) is 48.5 Å². The van der Waals surface area contributed by atoms with Crippen LogP contribution in [0.3, 0.4) is 0 Å². The van der Waals surface area contributed by atoms with Crippen LogP contribution in [0.4, 0.5) is 11.4 Å². The number of rotatable bonds is 3. The summed E-state index contributed by atoms with van der Waals surface area (Å²) in [5.41, 5.74) is 7.47. The van der Waals surface area contributed by atoms with Gasteiger partial charge in [-0.05, 0) is 37.1 Å². The molecule has 0 amide bonds. The number of hydrogen-bond donors (Lipinski definition) is 2. The summed E-state index contributed by atoms with van der Waals surface area (Å²) < 4.78 is 0. The zero-order valence-corrected chi connectivity index (χ0v) is 12.4. The molecule has 1 aliphatic heterocycles. The molecular formula is C18H20N2O2. The van der Waals surface area contributed by atoms with E-state index < -0.39 is 0 Å². The largest absolute Gasteiger partial charge is 0.505 e. The molecule has 3 rings (SSSR count). The number of nitrogens with two attached hydrogens (primary N) is 1. The molecular weight excluding hydrogens is 276 g/mol. The molecule has 114 valence electrons. The van der Waals surface area contributed by atoms with Crippen molar-refractivity contribution in [3.05, 3.63) is 54.1 Å². The molecule has 4 heteroatoms. The van der Waals surface area contributed by atoms with Gasteiger partial charge in [0, 0.05) is 24.7 Å². The average molecular weight is 296 g/mol. The Morgan fingerprint density at radius 1 is 1.05 bits per heavy atom. The van der Waals surface area contributed by atoms with E-state index in [-0.39, 0.29) is 23.1 Å². The molecule has 0 aromatic heterocycles. The molecule has 0 bridgehead atoms. The Morgan fingerprint density at radius 2 is 1.73 bits per heavy atom. The van der Waals surface area contributed by atoms with Crippen LogP contribution in [0, 0.1) is 5.92 Å². The van der Waals surface area contributed by atoms with Crippen LogP contribution in [0.5, 0.6) is 5.75 Å². The number of piperidine rings is 1. The number of nitrogen functional groups attached to an aromatic ring is 1. The number of carbonyl (C=O) groups excluding carboxylic acids is 1. The quantitative estimate of drug-likeness (QED) is 0.519. The number of hydrogen-bond acceptors (Lipinski definition) is 4. The van der Waals surface area contributed by atoms with Gasteiger partial charge < -0.3 is 15.7 Å². The van der Waals surface area contributed by atoms with Crippen molar-refractivity contribution in [1.29, 1.82) is 0 Å². The first-order valence-corrected chi connectivity index (χ1v) is 7.58. The van der Waals surface area contributed by atoms with E-state index in [4.69, 9.17) is 5.73 Å². The molecule has 1 aliphatic rings. The van der Waals surface area contributed by atoms with Gasteiger partial charge in [0.2, 0.25) is 0 Å². The van der Waals surface area contributed by atoms with Gasteiger partial charge in [-0.25, -0.2) is 0 Å². The molecule has 2 aromatic carbocycles. The summed E-state index contributed by atoms with van der Waals surface area (Å²) in [4.78, 5) is 14.9. The van der Waals surface area contributed by atoms with Gasteiger partial charge in [-0.2, -0.15) is 0 Å². The molecule has 1 saturated heterocycles. The SMILES string of the molecule is Nc1cccc(C(=O)C2CCN(c3ccccc3)CC2)c1O. The standard InChI is InChI=1S/C18H20N2O2/c19-16-8-4-7-15(18(16)22)17(21)13-9-11-20(12-10-13)14-5-2-1-3-6-14/h1-8,13,22H,9-12,19H2. The second-order valence-electron chi connectivity index (χ2n) is 5.70. The number of aromatic hydroxyl groups is 1. The van der Waals surface area contributed by atoms with Crippen LogP contribution in [0.2, 0.25) is 0 Å². The molecule has 1 fully saturated rings. The molecule has 2 aromatic rings. The average Bonchev–Trinajstić information content (AvgIpc) is 2.58. The molecule has 3 N–H and O–H groups in total. The smallest absolute Gasteiger partial charge is 0.169 e. The first-order valence-electron chi connectivity index (χ1n) is 7.58. The lowest BCUT2D eigenvalue weighted by molar-refractivity contribution is 0.0898. The molecule has 22 heavy (non-hydrogen) atoms. The molecule has 4 nitrogen and oxygen atoms in total. The van der Waals surface area contributed by atoms with E-state index in [0.717, 1.165) is 25.9 Å². The maximum absolute atomic E-state index is 12.6. The van der Waals surface area contributed by atoms with Gasteiger partial charge in [0.1, 0.15) is 5.75 Å². The highest BCUT2D eigenvalue weighted by atomic mass is 16.3. The monoisotopic (exact) mass is 296 g/mol. The Balaban J connectivity index is 1.69. The maximum Gasteiger partial charge on any atom is 0.169 e. The predicted molar refractivity (Wildman–Crippen MR) is 88.2 cm³/mol. The van der Waals surface area contributed by atoms with Crippen LogP contribution < -0.4 is 10.6 Å². The van der Waals surface area contributed by atoms with Gasteiger partial charge in [-0.3, -0.25) is 4.79 Å². The minimum absolute atomic E-state index is 0.00230. The zero-order chi connectivity index (χ0) is 15.5.